The van der Waals surface area contributed by atoms with Crippen LogP contribution in [0.25, 0.3) is 0 Å². The van der Waals surface area contributed by atoms with Gasteiger partial charge in [-0.1, -0.05) is 11.6 Å². The van der Waals surface area contributed by atoms with E-state index in [4.69, 9.17) is 17.3 Å². The Kier molecular flexibility index (Phi) is 2.43. The van der Waals surface area contributed by atoms with Crippen LogP contribution in [-0.4, -0.2) is 15.5 Å². The van der Waals surface area contributed by atoms with Crippen molar-refractivity contribution in [1.82, 2.24) is 9.55 Å². The van der Waals surface area contributed by atoms with E-state index in [1.165, 1.54) is 17.1 Å². The van der Waals surface area contributed by atoms with Crippen molar-refractivity contribution in [1.29, 1.82) is 0 Å². The molecule has 2 N–H and O–H groups in total. The second-order valence-corrected chi connectivity index (χ2v) is 3.42. The average Bonchev–Trinajstić information content (AvgIpc) is 2.74. The van der Waals surface area contributed by atoms with Crippen molar-refractivity contribution < 1.29 is 4.79 Å². The maximum absolute atomic E-state index is 11.8. The Morgan fingerprint density at radius 3 is 2.87 bits per heavy atom. The number of carbonyl (C=O) groups excluding carboxylic acids is 1. The highest BCUT2D eigenvalue weighted by Crippen LogP contribution is 2.19. The van der Waals surface area contributed by atoms with E-state index in [9.17, 15) is 4.79 Å². The van der Waals surface area contributed by atoms with Gasteiger partial charge in [-0.15, -0.1) is 0 Å². The van der Waals surface area contributed by atoms with Gasteiger partial charge >= 0.3 is 0 Å². The van der Waals surface area contributed by atoms with Gasteiger partial charge in [0.05, 0.1) is 10.7 Å². The number of nitrogens with zero attached hydrogens (tertiary/aromatic N) is 2. The SMILES string of the molecule is Nc1cc(C(=O)n2ccnc2)ccc1Cl. The number of carbonyl (C=O) groups is 1. The fourth-order valence-corrected chi connectivity index (χ4v) is 1.32. The first-order valence-corrected chi connectivity index (χ1v) is 4.64. The predicted molar refractivity (Wildman–Crippen MR) is 57.8 cm³/mol. The number of imidazole rings is 1. The summed E-state index contributed by atoms with van der Waals surface area (Å²) in [6, 6.07) is 4.77. The van der Waals surface area contributed by atoms with Gasteiger partial charge in [-0.25, -0.2) is 4.98 Å². The van der Waals surface area contributed by atoms with Crippen LogP contribution in [0.3, 0.4) is 0 Å². The quantitative estimate of drug-likeness (QED) is 0.747. The van der Waals surface area contributed by atoms with Crippen molar-refractivity contribution in [3.8, 4) is 0 Å². The topological polar surface area (TPSA) is 60.9 Å². The molecule has 0 bridgehead atoms. The van der Waals surface area contributed by atoms with Crippen LogP contribution in [0.2, 0.25) is 5.02 Å². The number of aromatic nitrogens is 2. The highest BCUT2D eigenvalue weighted by atomic mass is 35.5. The maximum Gasteiger partial charge on any atom is 0.263 e. The molecule has 0 aliphatic rings. The van der Waals surface area contributed by atoms with Crippen molar-refractivity contribution in [2.75, 3.05) is 5.73 Å². The summed E-state index contributed by atoms with van der Waals surface area (Å²) in [5.74, 6) is -0.184. The Labute approximate surface area is 91.3 Å². The minimum absolute atomic E-state index is 0.184. The monoisotopic (exact) mass is 221 g/mol. The maximum atomic E-state index is 11.8. The third kappa shape index (κ3) is 1.85. The van der Waals surface area contributed by atoms with Crippen molar-refractivity contribution in [3.63, 3.8) is 0 Å². The van der Waals surface area contributed by atoms with Gasteiger partial charge in [0.15, 0.2) is 0 Å². The van der Waals surface area contributed by atoms with E-state index in [0.717, 1.165) is 0 Å². The van der Waals surface area contributed by atoms with Crippen molar-refractivity contribution in [2.45, 2.75) is 0 Å². The summed E-state index contributed by atoms with van der Waals surface area (Å²) in [5, 5.41) is 0.442. The minimum Gasteiger partial charge on any atom is -0.398 e. The zero-order valence-corrected chi connectivity index (χ0v) is 8.48. The molecule has 5 heteroatoms. The summed E-state index contributed by atoms with van der Waals surface area (Å²) in [4.78, 5) is 15.6. The Morgan fingerprint density at radius 1 is 1.47 bits per heavy atom. The molecule has 2 rings (SSSR count). The van der Waals surface area contributed by atoms with Gasteiger partial charge in [0, 0.05) is 18.0 Å². The van der Waals surface area contributed by atoms with Crippen LogP contribution in [0.15, 0.2) is 36.9 Å². The lowest BCUT2D eigenvalue weighted by molar-refractivity contribution is 0.0960. The van der Waals surface area contributed by atoms with Crippen molar-refractivity contribution in [3.05, 3.63) is 47.5 Å². The number of halogens is 1. The van der Waals surface area contributed by atoms with Crippen LogP contribution in [-0.2, 0) is 0 Å². The van der Waals surface area contributed by atoms with Gasteiger partial charge in [0.2, 0.25) is 0 Å². The number of anilines is 1. The molecule has 0 aliphatic heterocycles. The van der Waals surface area contributed by atoms with Crippen LogP contribution in [0.4, 0.5) is 5.69 Å². The van der Waals surface area contributed by atoms with Crippen LogP contribution in [0.5, 0.6) is 0 Å². The lowest BCUT2D eigenvalue weighted by atomic mass is 10.2. The highest BCUT2D eigenvalue weighted by molar-refractivity contribution is 6.33. The summed E-state index contributed by atoms with van der Waals surface area (Å²) < 4.78 is 1.38. The molecule has 0 saturated carbocycles. The van der Waals surface area contributed by atoms with Gasteiger partial charge in [-0.3, -0.25) is 9.36 Å². The third-order valence-electron chi connectivity index (χ3n) is 1.98. The Bertz CT molecular complexity index is 493. The van der Waals surface area contributed by atoms with Gasteiger partial charge in [0.25, 0.3) is 5.91 Å². The first-order valence-electron chi connectivity index (χ1n) is 4.26. The Balaban J connectivity index is 2.39. The summed E-state index contributed by atoms with van der Waals surface area (Å²) in [7, 11) is 0. The molecule has 76 valence electrons. The lowest BCUT2D eigenvalue weighted by Crippen LogP contribution is -2.09. The second-order valence-electron chi connectivity index (χ2n) is 3.01. The smallest absolute Gasteiger partial charge is 0.263 e. The zero-order valence-electron chi connectivity index (χ0n) is 7.72. The van der Waals surface area contributed by atoms with Crippen molar-refractivity contribution in [2.24, 2.45) is 0 Å². The van der Waals surface area contributed by atoms with E-state index in [-0.39, 0.29) is 5.91 Å². The van der Waals surface area contributed by atoms with E-state index in [1.54, 1.807) is 24.4 Å². The molecule has 0 radical (unpaired) electrons. The molecule has 0 aliphatic carbocycles. The number of benzene rings is 1. The molecule has 1 aromatic carbocycles. The second kappa shape index (κ2) is 3.74. The number of hydrogen-bond acceptors (Lipinski definition) is 3. The van der Waals surface area contributed by atoms with E-state index < -0.39 is 0 Å². The van der Waals surface area contributed by atoms with Crippen LogP contribution < -0.4 is 5.73 Å². The molecule has 15 heavy (non-hydrogen) atoms. The summed E-state index contributed by atoms with van der Waals surface area (Å²) in [6.45, 7) is 0. The first kappa shape index (κ1) is 9.73. The lowest BCUT2D eigenvalue weighted by Gasteiger charge is -2.03. The summed E-state index contributed by atoms with van der Waals surface area (Å²) >= 11 is 5.75. The number of nitrogens with two attached hydrogens (primary N) is 1. The number of nitrogen functional groups attached to an aromatic ring is 1. The Hall–Kier alpha value is -1.81. The standard InChI is InChI=1S/C10H8ClN3O/c11-8-2-1-7(5-9(8)12)10(15)14-4-3-13-6-14/h1-6H,12H2. The summed E-state index contributed by atoms with van der Waals surface area (Å²) in [5.41, 5.74) is 6.48. The van der Waals surface area contributed by atoms with Gasteiger partial charge in [0.1, 0.15) is 6.33 Å². The predicted octanol–water partition coefficient (Wildman–Crippen LogP) is 1.81. The number of hydrogen-bond donors (Lipinski definition) is 1. The third-order valence-corrected chi connectivity index (χ3v) is 2.33. The zero-order chi connectivity index (χ0) is 10.8. The van der Waals surface area contributed by atoms with E-state index in [1.807, 2.05) is 0 Å². The fourth-order valence-electron chi connectivity index (χ4n) is 1.21. The fraction of sp³-hybridized carbons (Fsp3) is 0. The van der Waals surface area contributed by atoms with Crippen LogP contribution in [0.1, 0.15) is 10.4 Å². The molecule has 0 amide bonds. The van der Waals surface area contributed by atoms with E-state index >= 15 is 0 Å². The van der Waals surface area contributed by atoms with Gasteiger partial charge in [-0.2, -0.15) is 0 Å². The minimum atomic E-state index is -0.184. The highest BCUT2D eigenvalue weighted by Gasteiger charge is 2.08. The molecule has 4 nitrogen and oxygen atoms in total. The molecule has 1 aromatic heterocycles. The normalized spacial score (nSPS) is 10.2. The molecule has 0 atom stereocenters. The van der Waals surface area contributed by atoms with E-state index in [2.05, 4.69) is 4.98 Å². The molecule has 0 spiro atoms. The average molecular weight is 222 g/mol. The molecule has 2 aromatic rings. The van der Waals surface area contributed by atoms with Crippen molar-refractivity contribution >= 4 is 23.2 Å². The van der Waals surface area contributed by atoms with E-state index in [0.29, 0.717) is 16.3 Å². The molecule has 0 fully saturated rings. The first-order chi connectivity index (χ1) is 7.18. The largest absolute Gasteiger partial charge is 0.398 e. The molecule has 0 unspecified atom stereocenters. The summed E-state index contributed by atoms with van der Waals surface area (Å²) in [6.07, 6.45) is 4.55. The molecule has 0 saturated heterocycles. The van der Waals surface area contributed by atoms with Crippen LogP contribution >= 0.6 is 11.6 Å². The van der Waals surface area contributed by atoms with Gasteiger partial charge < -0.3 is 5.73 Å². The molecular formula is C10H8ClN3O. The molecule has 1 heterocycles. The van der Waals surface area contributed by atoms with Gasteiger partial charge in [-0.05, 0) is 18.2 Å². The Morgan fingerprint density at radius 2 is 2.27 bits per heavy atom. The molecular weight excluding hydrogens is 214 g/mol. The number of rotatable bonds is 1. The van der Waals surface area contributed by atoms with Crippen LogP contribution in [0, 0.1) is 0 Å².